The lowest BCUT2D eigenvalue weighted by Crippen LogP contribution is -2.32. The fourth-order valence-corrected chi connectivity index (χ4v) is 3.59. The summed E-state index contributed by atoms with van der Waals surface area (Å²) in [4.78, 5) is 6.88. The third kappa shape index (κ3) is 3.18. The molecule has 0 amide bonds. The van der Waals surface area contributed by atoms with Crippen molar-refractivity contribution in [3.05, 3.63) is 23.5 Å². The second kappa shape index (κ2) is 6.43. The molecule has 0 aliphatic carbocycles. The van der Waals surface area contributed by atoms with Crippen molar-refractivity contribution in [3.8, 4) is 0 Å². The predicted molar refractivity (Wildman–Crippen MR) is 80.5 cm³/mol. The maximum absolute atomic E-state index is 4.43. The number of nitrogens with zero attached hydrogens (tertiary/aromatic N) is 2. The number of thioether (sulfide) groups is 1. The summed E-state index contributed by atoms with van der Waals surface area (Å²) in [6.07, 6.45) is 3.31. The molecule has 1 aliphatic heterocycles. The van der Waals surface area contributed by atoms with Gasteiger partial charge >= 0.3 is 0 Å². The monoisotopic (exact) mass is 265 g/mol. The minimum atomic E-state index is 0.678. The molecule has 2 rings (SSSR count). The van der Waals surface area contributed by atoms with Crippen molar-refractivity contribution in [1.82, 2.24) is 10.3 Å². The van der Waals surface area contributed by atoms with Gasteiger partial charge < -0.3 is 10.2 Å². The van der Waals surface area contributed by atoms with Crippen LogP contribution in [0.3, 0.4) is 0 Å². The van der Waals surface area contributed by atoms with Gasteiger partial charge in [0, 0.05) is 48.5 Å². The largest absolute Gasteiger partial charge is 0.370 e. The van der Waals surface area contributed by atoms with Crippen LogP contribution in [-0.4, -0.2) is 36.1 Å². The highest BCUT2D eigenvalue weighted by molar-refractivity contribution is 7.99. The third-order valence-corrected chi connectivity index (χ3v) is 4.64. The summed E-state index contributed by atoms with van der Waals surface area (Å²) in [6.45, 7) is 6.11. The zero-order chi connectivity index (χ0) is 13.0. The van der Waals surface area contributed by atoms with Gasteiger partial charge in [0.1, 0.15) is 0 Å². The van der Waals surface area contributed by atoms with Crippen molar-refractivity contribution >= 4 is 17.4 Å². The van der Waals surface area contributed by atoms with E-state index >= 15 is 0 Å². The first-order valence-electron chi connectivity index (χ1n) is 6.69. The quantitative estimate of drug-likeness (QED) is 0.885. The minimum Gasteiger partial charge on any atom is -0.370 e. The summed E-state index contributed by atoms with van der Waals surface area (Å²) in [5.41, 5.74) is 3.75. The molecule has 1 aromatic heterocycles. The van der Waals surface area contributed by atoms with Gasteiger partial charge in [-0.2, -0.15) is 11.8 Å². The summed E-state index contributed by atoms with van der Waals surface area (Å²) in [6, 6.07) is 2.90. The fraction of sp³-hybridized carbons (Fsp3) is 0.643. The van der Waals surface area contributed by atoms with Crippen molar-refractivity contribution in [2.45, 2.75) is 32.9 Å². The summed E-state index contributed by atoms with van der Waals surface area (Å²) >= 11 is 2.06. The number of rotatable bonds is 5. The summed E-state index contributed by atoms with van der Waals surface area (Å²) in [7, 11) is 2.22. The fourth-order valence-electron chi connectivity index (χ4n) is 2.32. The lowest BCUT2D eigenvalue weighted by atomic mass is 10.1. The molecule has 1 aromatic rings. The van der Waals surface area contributed by atoms with Gasteiger partial charge in [0.25, 0.3) is 0 Å². The van der Waals surface area contributed by atoms with E-state index in [0.717, 1.165) is 18.8 Å². The molecule has 0 spiro atoms. The van der Waals surface area contributed by atoms with Crippen LogP contribution in [0, 0.1) is 6.92 Å². The van der Waals surface area contributed by atoms with E-state index in [0.29, 0.717) is 6.04 Å². The van der Waals surface area contributed by atoms with Gasteiger partial charge in [0.15, 0.2) is 0 Å². The standard InChI is InChI=1S/C14H23N3S/c1-4-15-8-12-9-16-11(2)7-14(12)17(3)13-5-6-18-10-13/h7,9,13,15H,4-6,8,10H2,1-3H3. The maximum Gasteiger partial charge on any atom is 0.0445 e. The topological polar surface area (TPSA) is 28.2 Å². The molecule has 1 atom stereocenters. The Bertz CT molecular complexity index is 389. The number of aromatic nitrogens is 1. The first-order chi connectivity index (χ1) is 8.72. The first kappa shape index (κ1) is 13.7. The SMILES string of the molecule is CCNCc1cnc(C)cc1N(C)C1CCSC1. The van der Waals surface area contributed by atoms with E-state index in [-0.39, 0.29) is 0 Å². The molecule has 2 heterocycles. The van der Waals surface area contributed by atoms with Crippen molar-refractivity contribution in [1.29, 1.82) is 0 Å². The molecule has 4 heteroatoms. The highest BCUT2D eigenvalue weighted by Gasteiger charge is 2.22. The summed E-state index contributed by atoms with van der Waals surface area (Å²) in [5, 5.41) is 3.40. The van der Waals surface area contributed by atoms with Gasteiger partial charge in [-0.1, -0.05) is 6.92 Å². The number of hydrogen-bond acceptors (Lipinski definition) is 4. The second-order valence-electron chi connectivity index (χ2n) is 4.86. The van der Waals surface area contributed by atoms with E-state index in [4.69, 9.17) is 0 Å². The Hall–Kier alpha value is -0.740. The molecule has 0 saturated carbocycles. The van der Waals surface area contributed by atoms with Crippen LogP contribution in [0.2, 0.25) is 0 Å². The molecule has 3 nitrogen and oxygen atoms in total. The Balaban J connectivity index is 2.19. The molecule has 0 radical (unpaired) electrons. The average molecular weight is 265 g/mol. The number of nitrogens with one attached hydrogen (secondary N) is 1. The Morgan fingerprint density at radius 1 is 1.56 bits per heavy atom. The third-order valence-electron chi connectivity index (χ3n) is 3.50. The molecular weight excluding hydrogens is 242 g/mol. The molecule has 1 unspecified atom stereocenters. The van der Waals surface area contributed by atoms with Gasteiger partial charge in [-0.25, -0.2) is 0 Å². The second-order valence-corrected chi connectivity index (χ2v) is 6.01. The van der Waals surface area contributed by atoms with Gasteiger partial charge in [0.2, 0.25) is 0 Å². The van der Waals surface area contributed by atoms with Crippen molar-refractivity contribution in [2.75, 3.05) is 30.0 Å². The summed E-state index contributed by atoms with van der Waals surface area (Å²) < 4.78 is 0. The Kier molecular flexibility index (Phi) is 4.89. The molecular formula is C14H23N3S. The molecule has 1 fully saturated rings. The van der Waals surface area contributed by atoms with Crippen LogP contribution in [0.15, 0.2) is 12.3 Å². The van der Waals surface area contributed by atoms with Crippen molar-refractivity contribution in [3.63, 3.8) is 0 Å². The van der Waals surface area contributed by atoms with E-state index in [1.807, 2.05) is 6.20 Å². The first-order valence-corrected chi connectivity index (χ1v) is 7.84. The van der Waals surface area contributed by atoms with Gasteiger partial charge in [-0.15, -0.1) is 0 Å². The van der Waals surface area contributed by atoms with Gasteiger partial charge in [-0.05, 0) is 31.7 Å². The van der Waals surface area contributed by atoms with E-state index in [9.17, 15) is 0 Å². The van der Waals surface area contributed by atoms with Gasteiger partial charge in [0.05, 0.1) is 0 Å². The molecule has 100 valence electrons. The van der Waals surface area contributed by atoms with Crippen LogP contribution in [0.4, 0.5) is 5.69 Å². The van der Waals surface area contributed by atoms with Crippen LogP contribution in [-0.2, 0) is 6.54 Å². The Labute approximate surface area is 114 Å². The smallest absolute Gasteiger partial charge is 0.0445 e. The lowest BCUT2D eigenvalue weighted by molar-refractivity contribution is 0.681. The molecule has 0 bridgehead atoms. The average Bonchev–Trinajstić information content (AvgIpc) is 2.90. The van der Waals surface area contributed by atoms with E-state index < -0.39 is 0 Å². The van der Waals surface area contributed by atoms with Crippen LogP contribution < -0.4 is 10.2 Å². The predicted octanol–water partition coefficient (Wildman–Crippen LogP) is 2.44. The van der Waals surface area contributed by atoms with Crippen LogP contribution in [0.5, 0.6) is 0 Å². The van der Waals surface area contributed by atoms with Gasteiger partial charge in [-0.3, -0.25) is 4.98 Å². The number of anilines is 1. The number of aryl methyl sites for hydroxylation is 1. The van der Waals surface area contributed by atoms with E-state index in [1.54, 1.807) is 0 Å². The van der Waals surface area contributed by atoms with E-state index in [1.165, 1.54) is 29.2 Å². The summed E-state index contributed by atoms with van der Waals surface area (Å²) in [5.74, 6) is 2.54. The highest BCUT2D eigenvalue weighted by atomic mass is 32.2. The zero-order valence-corrected chi connectivity index (χ0v) is 12.4. The molecule has 1 saturated heterocycles. The molecule has 18 heavy (non-hydrogen) atoms. The van der Waals surface area contributed by atoms with Crippen molar-refractivity contribution < 1.29 is 0 Å². The van der Waals surface area contributed by atoms with Crippen LogP contribution >= 0.6 is 11.8 Å². The maximum atomic E-state index is 4.43. The molecule has 1 aliphatic rings. The molecule has 0 aromatic carbocycles. The minimum absolute atomic E-state index is 0.678. The Morgan fingerprint density at radius 3 is 3.06 bits per heavy atom. The van der Waals surface area contributed by atoms with Crippen LogP contribution in [0.25, 0.3) is 0 Å². The Morgan fingerprint density at radius 2 is 2.39 bits per heavy atom. The highest BCUT2D eigenvalue weighted by Crippen LogP contribution is 2.28. The number of pyridine rings is 1. The number of hydrogen-bond donors (Lipinski definition) is 1. The molecule has 1 N–H and O–H groups in total. The lowest BCUT2D eigenvalue weighted by Gasteiger charge is -2.28. The zero-order valence-electron chi connectivity index (χ0n) is 11.6. The van der Waals surface area contributed by atoms with E-state index in [2.05, 4.69) is 53.9 Å². The van der Waals surface area contributed by atoms with Crippen LogP contribution in [0.1, 0.15) is 24.6 Å². The van der Waals surface area contributed by atoms with Crippen molar-refractivity contribution in [2.24, 2.45) is 0 Å². The normalized spacial score (nSPS) is 19.2.